The van der Waals surface area contributed by atoms with Crippen molar-refractivity contribution in [2.75, 3.05) is 13.6 Å². The van der Waals surface area contributed by atoms with Gasteiger partial charge in [-0.25, -0.2) is 13.1 Å². The van der Waals surface area contributed by atoms with Crippen LogP contribution in [0.3, 0.4) is 0 Å². The summed E-state index contributed by atoms with van der Waals surface area (Å²) in [7, 11) is -3.22. The molecule has 0 atom stereocenters. The quantitative estimate of drug-likeness (QED) is 0.876. The molecule has 1 aromatic rings. The average Bonchev–Trinajstić information content (AvgIpc) is 2.34. The van der Waals surface area contributed by atoms with Crippen molar-refractivity contribution in [1.82, 2.24) is 10.0 Å². The number of alkyl halides is 3. The van der Waals surface area contributed by atoms with Crippen LogP contribution in [-0.2, 0) is 21.0 Å². The minimum atomic E-state index is -4.89. The molecule has 0 bridgehead atoms. The van der Waals surface area contributed by atoms with Gasteiger partial charge in [-0.05, 0) is 18.2 Å². The molecule has 0 aliphatic heterocycles. The summed E-state index contributed by atoms with van der Waals surface area (Å²) < 4.78 is 63.8. The number of benzene rings is 1. The van der Waals surface area contributed by atoms with E-state index >= 15 is 0 Å². The van der Waals surface area contributed by atoms with Crippen LogP contribution in [0.5, 0.6) is 0 Å². The summed E-state index contributed by atoms with van der Waals surface area (Å²) in [4.78, 5) is 9.96. The predicted molar refractivity (Wildman–Crippen MR) is 65.7 cm³/mol. The first-order valence-electron chi connectivity index (χ1n) is 5.15. The first kappa shape index (κ1) is 16.7. The van der Waals surface area contributed by atoms with Crippen LogP contribution < -0.4 is 10.0 Å². The fraction of sp³-hybridized carbons (Fsp3) is 0.300. The van der Waals surface area contributed by atoms with Crippen LogP contribution in [0.15, 0.2) is 23.1 Å². The molecule has 10 heteroatoms. The Labute approximate surface area is 118 Å². The third-order valence-corrected chi connectivity index (χ3v) is 3.93. The van der Waals surface area contributed by atoms with Gasteiger partial charge in [0.2, 0.25) is 15.9 Å². The highest BCUT2D eigenvalue weighted by Crippen LogP contribution is 2.35. The number of likely N-dealkylation sites (N-methyl/N-ethyl adjacent to an activating group) is 1. The van der Waals surface area contributed by atoms with Crippen molar-refractivity contribution in [3.05, 3.63) is 28.8 Å². The van der Waals surface area contributed by atoms with E-state index in [1.165, 1.54) is 7.05 Å². The van der Waals surface area contributed by atoms with Crippen molar-refractivity contribution in [3.63, 3.8) is 0 Å². The summed E-state index contributed by atoms with van der Waals surface area (Å²) in [5.41, 5.74) is -1.39. The maximum absolute atomic E-state index is 12.8. The van der Waals surface area contributed by atoms with Crippen LogP contribution in [0.25, 0.3) is 0 Å². The van der Waals surface area contributed by atoms with E-state index < -0.39 is 39.1 Å². The molecule has 1 rings (SSSR count). The van der Waals surface area contributed by atoms with E-state index in [1.54, 1.807) is 4.72 Å². The standard InChI is InChI=1S/C10H10ClF3N2O3S/c1-15-9(17)5-16-20(18,19)8-3-2-6(11)4-7(8)10(12,13)14/h2-4,16H,5H2,1H3,(H,15,17). The Morgan fingerprint density at radius 3 is 2.45 bits per heavy atom. The van der Waals surface area contributed by atoms with Crippen LogP contribution in [0.2, 0.25) is 5.02 Å². The fourth-order valence-corrected chi connectivity index (χ4v) is 2.64. The number of amides is 1. The van der Waals surface area contributed by atoms with E-state index in [0.29, 0.717) is 6.07 Å². The highest BCUT2D eigenvalue weighted by Gasteiger charge is 2.37. The van der Waals surface area contributed by atoms with Gasteiger partial charge in [-0.3, -0.25) is 4.79 Å². The Bertz CT molecular complexity index is 617. The zero-order valence-electron chi connectivity index (χ0n) is 10.1. The van der Waals surface area contributed by atoms with Gasteiger partial charge in [0, 0.05) is 12.1 Å². The molecule has 0 heterocycles. The zero-order valence-corrected chi connectivity index (χ0v) is 11.7. The van der Waals surface area contributed by atoms with E-state index in [0.717, 1.165) is 12.1 Å². The van der Waals surface area contributed by atoms with E-state index in [-0.39, 0.29) is 5.02 Å². The molecule has 0 aliphatic rings. The second kappa shape index (κ2) is 5.98. The van der Waals surface area contributed by atoms with Gasteiger partial charge >= 0.3 is 6.18 Å². The lowest BCUT2D eigenvalue weighted by Gasteiger charge is -2.14. The Kier molecular flexibility index (Phi) is 5.00. The summed E-state index contributed by atoms with van der Waals surface area (Å²) in [6, 6.07) is 2.26. The van der Waals surface area contributed by atoms with E-state index in [4.69, 9.17) is 11.6 Å². The van der Waals surface area contributed by atoms with E-state index in [9.17, 15) is 26.4 Å². The third-order valence-electron chi connectivity index (χ3n) is 2.24. The Morgan fingerprint density at radius 2 is 1.95 bits per heavy atom. The Morgan fingerprint density at radius 1 is 1.35 bits per heavy atom. The molecular weight excluding hydrogens is 321 g/mol. The minimum absolute atomic E-state index is 0.248. The number of carbonyl (C=O) groups is 1. The molecule has 112 valence electrons. The van der Waals surface area contributed by atoms with Crippen LogP contribution in [-0.4, -0.2) is 27.9 Å². The first-order chi connectivity index (χ1) is 9.08. The van der Waals surface area contributed by atoms with Gasteiger partial charge in [0.1, 0.15) is 0 Å². The predicted octanol–water partition coefficient (Wildman–Crippen LogP) is 1.38. The number of hydrogen-bond donors (Lipinski definition) is 2. The molecule has 0 fully saturated rings. The fourth-order valence-electron chi connectivity index (χ4n) is 1.28. The van der Waals surface area contributed by atoms with Crippen molar-refractivity contribution in [2.45, 2.75) is 11.1 Å². The molecule has 1 aromatic carbocycles. The molecule has 5 nitrogen and oxygen atoms in total. The maximum Gasteiger partial charge on any atom is 0.417 e. The summed E-state index contributed by atoms with van der Waals surface area (Å²) in [5, 5.41) is 1.89. The second-order valence-corrected chi connectivity index (χ2v) is 5.81. The van der Waals surface area contributed by atoms with Crippen LogP contribution in [0, 0.1) is 0 Å². The summed E-state index contributed by atoms with van der Waals surface area (Å²) >= 11 is 5.44. The second-order valence-electron chi connectivity index (χ2n) is 3.64. The molecule has 20 heavy (non-hydrogen) atoms. The van der Waals surface area contributed by atoms with Gasteiger partial charge < -0.3 is 5.32 Å². The Hall–Kier alpha value is -1.32. The SMILES string of the molecule is CNC(=O)CNS(=O)(=O)c1ccc(Cl)cc1C(F)(F)F. The van der Waals surface area contributed by atoms with E-state index in [2.05, 4.69) is 5.32 Å². The maximum atomic E-state index is 12.8. The Balaban J connectivity index is 3.22. The molecule has 0 saturated heterocycles. The normalized spacial score (nSPS) is 12.2. The topological polar surface area (TPSA) is 75.3 Å². The van der Waals surface area contributed by atoms with Crippen LogP contribution in [0.1, 0.15) is 5.56 Å². The zero-order chi connectivity index (χ0) is 15.6. The van der Waals surface area contributed by atoms with Crippen molar-refractivity contribution < 1.29 is 26.4 Å². The highest BCUT2D eigenvalue weighted by molar-refractivity contribution is 7.89. The molecule has 0 saturated carbocycles. The van der Waals surface area contributed by atoms with E-state index in [1.807, 2.05) is 0 Å². The van der Waals surface area contributed by atoms with Gasteiger partial charge in [-0.1, -0.05) is 11.6 Å². The first-order valence-corrected chi connectivity index (χ1v) is 7.01. The third kappa shape index (κ3) is 4.09. The lowest BCUT2D eigenvalue weighted by atomic mass is 10.2. The molecule has 2 N–H and O–H groups in total. The summed E-state index contributed by atoms with van der Waals surface area (Å²) in [6.07, 6.45) is -4.89. The van der Waals surface area contributed by atoms with Crippen molar-refractivity contribution in [3.8, 4) is 0 Å². The molecule has 0 radical (unpaired) electrons. The number of sulfonamides is 1. The number of carbonyl (C=O) groups excluding carboxylic acids is 1. The number of halogens is 4. The highest BCUT2D eigenvalue weighted by atomic mass is 35.5. The minimum Gasteiger partial charge on any atom is -0.358 e. The van der Waals surface area contributed by atoms with Crippen molar-refractivity contribution >= 4 is 27.5 Å². The summed E-state index contributed by atoms with van der Waals surface area (Å²) in [5.74, 6) is -0.684. The van der Waals surface area contributed by atoms with Gasteiger partial charge in [-0.2, -0.15) is 13.2 Å². The van der Waals surface area contributed by atoms with Crippen molar-refractivity contribution in [2.24, 2.45) is 0 Å². The number of hydrogen-bond acceptors (Lipinski definition) is 3. The number of nitrogens with one attached hydrogen (secondary N) is 2. The van der Waals surface area contributed by atoms with Crippen LogP contribution >= 0.6 is 11.6 Å². The van der Waals surface area contributed by atoms with Gasteiger partial charge in [0.15, 0.2) is 0 Å². The van der Waals surface area contributed by atoms with Crippen molar-refractivity contribution in [1.29, 1.82) is 0 Å². The summed E-state index contributed by atoms with van der Waals surface area (Å²) in [6.45, 7) is -0.668. The van der Waals surface area contributed by atoms with Gasteiger partial charge in [0.05, 0.1) is 17.0 Å². The van der Waals surface area contributed by atoms with Crippen LogP contribution in [0.4, 0.5) is 13.2 Å². The molecule has 0 aromatic heterocycles. The smallest absolute Gasteiger partial charge is 0.358 e. The molecule has 0 aliphatic carbocycles. The molecule has 1 amide bonds. The molecule has 0 unspecified atom stereocenters. The van der Waals surface area contributed by atoms with Gasteiger partial charge in [0.25, 0.3) is 0 Å². The largest absolute Gasteiger partial charge is 0.417 e. The lowest BCUT2D eigenvalue weighted by Crippen LogP contribution is -2.35. The molecule has 0 spiro atoms. The monoisotopic (exact) mass is 330 g/mol. The van der Waals surface area contributed by atoms with Gasteiger partial charge in [-0.15, -0.1) is 0 Å². The molecular formula is C10H10ClF3N2O3S. The number of rotatable bonds is 4. The lowest BCUT2D eigenvalue weighted by molar-refractivity contribution is -0.139. The average molecular weight is 331 g/mol.